The summed E-state index contributed by atoms with van der Waals surface area (Å²) in [5, 5.41) is 2.26. The number of hydrogen-bond donors (Lipinski definition) is 3. The van der Waals surface area contributed by atoms with E-state index in [1.807, 2.05) is 31.2 Å². The topological polar surface area (TPSA) is 100 Å². The van der Waals surface area contributed by atoms with E-state index in [9.17, 15) is 14.4 Å². The van der Waals surface area contributed by atoms with Gasteiger partial charge in [-0.2, -0.15) is 0 Å². The Morgan fingerprint density at radius 3 is 2.33 bits per heavy atom. The summed E-state index contributed by atoms with van der Waals surface area (Å²) >= 11 is 1.18. The predicted molar refractivity (Wildman–Crippen MR) is 106 cm³/mol. The largest absolute Gasteiger partial charge is 0.466 e. The summed E-state index contributed by atoms with van der Waals surface area (Å²) < 4.78 is 5.29. The van der Waals surface area contributed by atoms with Gasteiger partial charge < -0.3 is 9.73 Å². The molecule has 2 rings (SSSR count). The Hall–Kier alpha value is -2.74. The molecule has 0 aliphatic heterocycles. The van der Waals surface area contributed by atoms with Crippen molar-refractivity contribution in [1.29, 1.82) is 0 Å². The van der Waals surface area contributed by atoms with Gasteiger partial charge in [-0.15, -0.1) is 11.8 Å². The molecule has 7 nitrogen and oxygen atoms in total. The zero-order valence-electron chi connectivity index (χ0n) is 15.7. The average Bonchev–Trinajstić information content (AvgIpc) is 2.97. The van der Waals surface area contributed by atoms with Crippen LogP contribution in [0.2, 0.25) is 0 Å². The van der Waals surface area contributed by atoms with Gasteiger partial charge in [0.1, 0.15) is 11.5 Å². The van der Waals surface area contributed by atoms with E-state index in [0.29, 0.717) is 22.8 Å². The fourth-order valence-electron chi connectivity index (χ4n) is 2.25. The summed E-state index contributed by atoms with van der Waals surface area (Å²) in [6.07, 6.45) is 0. The van der Waals surface area contributed by atoms with Gasteiger partial charge in [0.15, 0.2) is 0 Å². The van der Waals surface area contributed by atoms with Crippen LogP contribution in [0.5, 0.6) is 0 Å². The van der Waals surface area contributed by atoms with Crippen LogP contribution in [-0.2, 0) is 9.59 Å². The monoisotopic (exact) mass is 389 g/mol. The second kappa shape index (κ2) is 9.27. The minimum absolute atomic E-state index is 0.121. The lowest BCUT2D eigenvalue weighted by molar-refractivity contribution is -0.121. The highest BCUT2D eigenvalue weighted by Crippen LogP contribution is 2.14. The molecule has 27 heavy (non-hydrogen) atoms. The summed E-state index contributed by atoms with van der Waals surface area (Å²) in [6.45, 7) is 7.05. The fraction of sp³-hybridized carbons (Fsp3) is 0.316. The number of nitrogens with one attached hydrogen (secondary N) is 3. The molecule has 1 aromatic heterocycles. The number of hydrazine groups is 1. The Labute approximate surface area is 162 Å². The molecule has 1 heterocycles. The van der Waals surface area contributed by atoms with Crippen LogP contribution in [0.25, 0.3) is 0 Å². The Morgan fingerprint density at radius 2 is 1.74 bits per heavy atom. The van der Waals surface area contributed by atoms with Crippen molar-refractivity contribution in [2.45, 2.75) is 32.9 Å². The number of benzene rings is 1. The molecular formula is C19H23N3O4S. The Bertz CT molecular complexity index is 830. The smallest absolute Gasteiger partial charge is 0.273 e. The third kappa shape index (κ3) is 6.18. The first-order chi connectivity index (χ1) is 12.8. The maximum atomic E-state index is 12.1. The van der Waals surface area contributed by atoms with Crippen molar-refractivity contribution in [2.24, 2.45) is 0 Å². The molecule has 3 amide bonds. The quantitative estimate of drug-likeness (QED) is 0.660. The Balaban J connectivity index is 1.74. The van der Waals surface area contributed by atoms with Gasteiger partial charge in [-0.05, 0) is 45.9 Å². The van der Waals surface area contributed by atoms with Crippen molar-refractivity contribution in [3.8, 4) is 0 Å². The predicted octanol–water partition coefficient (Wildman–Crippen LogP) is 2.73. The number of amides is 3. The number of anilines is 1. The van der Waals surface area contributed by atoms with Crippen LogP contribution in [0.15, 0.2) is 34.7 Å². The highest BCUT2D eigenvalue weighted by Gasteiger charge is 2.18. The molecule has 1 atom stereocenters. The number of hydrogen-bond acceptors (Lipinski definition) is 5. The van der Waals surface area contributed by atoms with Crippen molar-refractivity contribution >= 4 is 35.2 Å². The maximum Gasteiger partial charge on any atom is 0.273 e. The van der Waals surface area contributed by atoms with E-state index in [4.69, 9.17) is 4.42 Å². The molecule has 0 radical (unpaired) electrons. The maximum absolute atomic E-state index is 12.1. The average molecular weight is 389 g/mol. The van der Waals surface area contributed by atoms with E-state index < -0.39 is 17.1 Å². The number of thioether (sulfide) groups is 1. The van der Waals surface area contributed by atoms with E-state index in [-0.39, 0.29) is 11.7 Å². The molecule has 0 bridgehead atoms. The van der Waals surface area contributed by atoms with Gasteiger partial charge >= 0.3 is 0 Å². The third-order valence-corrected chi connectivity index (χ3v) is 4.90. The minimum Gasteiger partial charge on any atom is -0.466 e. The standard InChI is InChI=1S/C19H23N3O4S/c1-11-5-7-15(8-6-11)20-17(23)10-27-14(4)18(24)21-22-19(25)16-9-12(2)26-13(16)3/h5-9,14H,10H2,1-4H3,(H,20,23)(H,21,24)(H,22,25)/t14-/m1/s1. The van der Waals surface area contributed by atoms with E-state index in [1.54, 1.807) is 26.8 Å². The third-order valence-electron chi connectivity index (χ3n) is 3.75. The van der Waals surface area contributed by atoms with E-state index in [2.05, 4.69) is 16.2 Å². The lowest BCUT2D eigenvalue weighted by atomic mass is 10.2. The second-order valence-electron chi connectivity index (χ2n) is 6.14. The van der Waals surface area contributed by atoms with Crippen LogP contribution in [0, 0.1) is 20.8 Å². The summed E-state index contributed by atoms with van der Waals surface area (Å²) in [4.78, 5) is 36.1. The number of carbonyl (C=O) groups is 3. The molecule has 0 fully saturated rings. The van der Waals surface area contributed by atoms with Crippen molar-refractivity contribution in [3.05, 3.63) is 53.0 Å². The van der Waals surface area contributed by atoms with Crippen LogP contribution in [0.4, 0.5) is 5.69 Å². The molecule has 0 aliphatic rings. The van der Waals surface area contributed by atoms with Crippen LogP contribution in [0.3, 0.4) is 0 Å². The van der Waals surface area contributed by atoms with Gasteiger partial charge in [-0.1, -0.05) is 17.7 Å². The lowest BCUT2D eigenvalue weighted by Gasteiger charge is -2.12. The summed E-state index contributed by atoms with van der Waals surface area (Å²) in [6, 6.07) is 9.06. The van der Waals surface area contributed by atoms with Gasteiger partial charge in [0.05, 0.1) is 16.6 Å². The summed E-state index contributed by atoms with van der Waals surface area (Å²) in [5.74, 6) is 0.177. The van der Waals surface area contributed by atoms with Crippen molar-refractivity contribution < 1.29 is 18.8 Å². The molecule has 0 unspecified atom stereocenters. The first-order valence-electron chi connectivity index (χ1n) is 8.41. The summed E-state index contributed by atoms with van der Waals surface area (Å²) in [7, 11) is 0. The van der Waals surface area contributed by atoms with Gasteiger partial charge in [0.25, 0.3) is 11.8 Å². The second-order valence-corrected chi connectivity index (χ2v) is 7.47. The zero-order chi connectivity index (χ0) is 20.0. The highest BCUT2D eigenvalue weighted by molar-refractivity contribution is 8.01. The lowest BCUT2D eigenvalue weighted by Crippen LogP contribution is -2.45. The van der Waals surface area contributed by atoms with Gasteiger partial charge in [-0.3, -0.25) is 25.2 Å². The number of carbonyl (C=O) groups excluding carboxylic acids is 3. The van der Waals surface area contributed by atoms with Crippen molar-refractivity contribution in [3.63, 3.8) is 0 Å². The van der Waals surface area contributed by atoms with Crippen molar-refractivity contribution in [2.75, 3.05) is 11.1 Å². The molecule has 0 spiro atoms. The molecule has 0 saturated heterocycles. The van der Waals surface area contributed by atoms with E-state index in [1.165, 1.54) is 11.8 Å². The highest BCUT2D eigenvalue weighted by atomic mass is 32.2. The van der Waals surface area contributed by atoms with Crippen LogP contribution >= 0.6 is 11.8 Å². The normalized spacial score (nSPS) is 11.6. The molecule has 0 saturated carbocycles. The SMILES string of the molecule is Cc1ccc(NC(=O)CS[C@H](C)C(=O)NNC(=O)c2cc(C)oc2C)cc1. The van der Waals surface area contributed by atoms with Crippen LogP contribution in [-0.4, -0.2) is 28.7 Å². The van der Waals surface area contributed by atoms with Crippen LogP contribution < -0.4 is 16.2 Å². The number of aryl methyl sites for hydroxylation is 3. The Kier molecular flexibility index (Phi) is 7.06. The molecule has 3 N–H and O–H groups in total. The fourth-order valence-corrected chi connectivity index (χ4v) is 2.94. The minimum atomic E-state index is -0.513. The van der Waals surface area contributed by atoms with Gasteiger partial charge in [0, 0.05) is 5.69 Å². The molecule has 144 valence electrons. The molecular weight excluding hydrogens is 366 g/mol. The first kappa shape index (κ1) is 20.6. The number of rotatable bonds is 6. The zero-order valence-corrected chi connectivity index (χ0v) is 16.5. The summed E-state index contributed by atoms with van der Waals surface area (Å²) in [5.41, 5.74) is 6.90. The van der Waals surface area contributed by atoms with Crippen LogP contribution in [0.1, 0.15) is 34.4 Å². The Morgan fingerprint density at radius 1 is 1.07 bits per heavy atom. The molecule has 8 heteroatoms. The molecule has 1 aromatic carbocycles. The molecule has 2 aromatic rings. The first-order valence-corrected chi connectivity index (χ1v) is 9.46. The van der Waals surface area contributed by atoms with Crippen molar-refractivity contribution in [1.82, 2.24) is 10.9 Å². The van der Waals surface area contributed by atoms with E-state index >= 15 is 0 Å². The number of furan rings is 1. The molecule has 0 aliphatic carbocycles. The van der Waals surface area contributed by atoms with E-state index in [0.717, 1.165) is 5.56 Å². The van der Waals surface area contributed by atoms with Gasteiger partial charge in [0.2, 0.25) is 5.91 Å². The van der Waals surface area contributed by atoms with Gasteiger partial charge in [-0.25, -0.2) is 0 Å².